The van der Waals surface area contributed by atoms with E-state index in [9.17, 15) is 9.59 Å². The van der Waals surface area contributed by atoms with Gasteiger partial charge in [0.05, 0.1) is 11.4 Å². The van der Waals surface area contributed by atoms with Gasteiger partial charge in [-0.15, -0.1) is 0 Å². The first kappa shape index (κ1) is 21.7. The van der Waals surface area contributed by atoms with Gasteiger partial charge in [-0.3, -0.25) is 0 Å². The Morgan fingerprint density at radius 2 is 0.970 bits per heavy atom. The zero-order valence-corrected chi connectivity index (χ0v) is 18.2. The van der Waals surface area contributed by atoms with E-state index >= 15 is 0 Å². The second-order valence-electron chi connectivity index (χ2n) is 7.41. The van der Waals surface area contributed by atoms with Crippen molar-refractivity contribution in [2.24, 2.45) is 9.98 Å². The van der Waals surface area contributed by atoms with Crippen LogP contribution in [-0.2, 0) is 9.59 Å². The van der Waals surface area contributed by atoms with Gasteiger partial charge in [-0.2, -0.15) is 9.98 Å². The average Bonchev–Trinajstić information content (AvgIpc) is 2.84. The molecular formula is C28H20N2O3. The van der Waals surface area contributed by atoms with Crippen molar-refractivity contribution >= 4 is 23.5 Å². The molecule has 4 aromatic rings. The van der Waals surface area contributed by atoms with Gasteiger partial charge < -0.3 is 4.74 Å². The van der Waals surface area contributed by atoms with Gasteiger partial charge in [0.1, 0.15) is 11.5 Å². The van der Waals surface area contributed by atoms with Crippen molar-refractivity contribution in [2.45, 2.75) is 13.8 Å². The van der Waals surface area contributed by atoms with Crippen LogP contribution in [-0.4, -0.2) is 12.2 Å². The molecule has 0 atom stereocenters. The predicted molar refractivity (Wildman–Crippen MR) is 129 cm³/mol. The Bertz CT molecular complexity index is 1290. The van der Waals surface area contributed by atoms with Crippen molar-refractivity contribution in [1.82, 2.24) is 0 Å². The van der Waals surface area contributed by atoms with E-state index in [0.717, 1.165) is 33.4 Å². The lowest BCUT2D eigenvalue weighted by Gasteiger charge is -2.18. The summed E-state index contributed by atoms with van der Waals surface area (Å²) in [6.07, 6.45) is 3.27. The van der Waals surface area contributed by atoms with Crippen molar-refractivity contribution in [3.8, 4) is 33.8 Å². The smallest absolute Gasteiger partial charge is 0.240 e. The van der Waals surface area contributed by atoms with E-state index in [1.165, 1.54) is 0 Å². The van der Waals surface area contributed by atoms with E-state index < -0.39 is 0 Å². The highest BCUT2D eigenvalue weighted by Gasteiger charge is 2.17. The van der Waals surface area contributed by atoms with Gasteiger partial charge in [-0.1, -0.05) is 60.7 Å². The number of ether oxygens (including phenoxy) is 1. The lowest BCUT2D eigenvalue weighted by atomic mass is 9.97. The fraction of sp³-hybridized carbons (Fsp3) is 0.0714. The molecule has 0 radical (unpaired) electrons. The number of isocyanates is 2. The van der Waals surface area contributed by atoms with Crippen LogP contribution in [0.2, 0.25) is 0 Å². The molecule has 33 heavy (non-hydrogen) atoms. The normalized spacial score (nSPS) is 10.1. The first-order valence-electron chi connectivity index (χ1n) is 10.4. The topological polar surface area (TPSA) is 68.1 Å². The fourth-order valence-corrected chi connectivity index (χ4v) is 3.92. The fourth-order valence-electron chi connectivity index (χ4n) is 3.92. The Kier molecular flexibility index (Phi) is 6.38. The van der Waals surface area contributed by atoms with Crippen molar-refractivity contribution in [2.75, 3.05) is 0 Å². The lowest BCUT2D eigenvalue weighted by molar-refractivity contribution is 0.476. The Hall–Kier alpha value is -4.56. The minimum atomic E-state index is 0.526. The first-order valence-corrected chi connectivity index (χ1v) is 10.4. The van der Waals surface area contributed by atoms with Crippen molar-refractivity contribution in [3.05, 3.63) is 96.1 Å². The summed E-state index contributed by atoms with van der Waals surface area (Å²) in [7, 11) is 0. The maximum absolute atomic E-state index is 11.0. The minimum absolute atomic E-state index is 0.526. The van der Waals surface area contributed by atoms with Gasteiger partial charge in [0, 0.05) is 22.3 Å². The molecular weight excluding hydrogens is 412 g/mol. The summed E-state index contributed by atoms with van der Waals surface area (Å²) in [5.74, 6) is 1.26. The van der Waals surface area contributed by atoms with Crippen LogP contribution < -0.4 is 4.74 Å². The summed E-state index contributed by atoms with van der Waals surface area (Å²) in [6, 6.07) is 26.5. The molecule has 0 saturated carbocycles. The molecule has 0 aliphatic rings. The van der Waals surface area contributed by atoms with Crippen LogP contribution >= 0.6 is 0 Å². The predicted octanol–water partition coefficient (Wildman–Crippen LogP) is 7.36. The number of benzene rings is 4. The van der Waals surface area contributed by atoms with Crippen LogP contribution in [0.3, 0.4) is 0 Å². The second-order valence-corrected chi connectivity index (χ2v) is 7.41. The minimum Gasteiger partial charge on any atom is -0.457 e. The summed E-state index contributed by atoms with van der Waals surface area (Å²) in [5, 5.41) is 0. The number of aliphatic imine (C=N–C) groups is 2. The molecule has 0 amide bonds. The molecule has 0 bridgehead atoms. The Morgan fingerprint density at radius 3 is 1.33 bits per heavy atom. The van der Waals surface area contributed by atoms with Crippen molar-refractivity contribution in [3.63, 3.8) is 0 Å². The van der Waals surface area contributed by atoms with Crippen LogP contribution in [0.25, 0.3) is 22.3 Å². The van der Waals surface area contributed by atoms with E-state index in [1.54, 1.807) is 36.4 Å². The zero-order valence-electron chi connectivity index (χ0n) is 18.2. The molecule has 0 saturated heterocycles. The highest BCUT2D eigenvalue weighted by atomic mass is 16.5. The van der Waals surface area contributed by atoms with Gasteiger partial charge in [0.2, 0.25) is 12.2 Å². The molecule has 0 unspecified atom stereocenters. The van der Waals surface area contributed by atoms with Crippen molar-refractivity contribution < 1.29 is 14.3 Å². The molecule has 5 nitrogen and oxygen atoms in total. The molecule has 0 spiro atoms. The monoisotopic (exact) mass is 432 g/mol. The summed E-state index contributed by atoms with van der Waals surface area (Å²) in [4.78, 5) is 29.7. The van der Waals surface area contributed by atoms with Crippen LogP contribution in [0.15, 0.2) is 94.9 Å². The molecule has 0 N–H and O–H groups in total. The highest BCUT2D eigenvalue weighted by Crippen LogP contribution is 2.43. The maximum atomic E-state index is 11.0. The molecule has 0 heterocycles. The van der Waals surface area contributed by atoms with Gasteiger partial charge in [0.15, 0.2) is 0 Å². The number of hydrogen-bond acceptors (Lipinski definition) is 5. The Labute approximate surface area is 191 Å². The average molecular weight is 432 g/mol. The van der Waals surface area contributed by atoms with E-state index in [0.29, 0.717) is 22.9 Å². The Morgan fingerprint density at radius 1 is 0.576 bits per heavy atom. The third kappa shape index (κ3) is 4.41. The molecule has 4 aromatic carbocycles. The zero-order chi connectivity index (χ0) is 23.2. The molecule has 0 aliphatic carbocycles. The lowest BCUT2D eigenvalue weighted by Crippen LogP contribution is -1.95. The number of nitrogens with zero attached hydrogens (tertiary/aromatic N) is 2. The third-order valence-electron chi connectivity index (χ3n) is 5.46. The van der Waals surface area contributed by atoms with Gasteiger partial charge in [-0.05, 0) is 49.2 Å². The second kappa shape index (κ2) is 9.71. The van der Waals surface area contributed by atoms with Gasteiger partial charge in [-0.25, -0.2) is 9.59 Å². The number of hydrogen-bond donors (Lipinski definition) is 0. The maximum Gasteiger partial charge on any atom is 0.240 e. The largest absolute Gasteiger partial charge is 0.457 e. The Balaban J connectivity index is 1.85. The first-order chi connectivity index (χ1) is 16.1. The summed E-state index contributed by atoms with van der Waals surface area (Å²) in [6.45, 7) is 3.86. The van der Waals surface area contributed by atoms with Gasteiger partial charge >= 0.3 is 0 Å². The quantitative estimate of drug-likeness (QED) is 0.236. The molecule has 5 heteroatoms. The van der Waals surface area contributed by atoms with E-state index in [2.05, 4.69) is 9.98 Å². The SMILES string of the molecule is Cc1c(Oc2ccc(N=C=O)c(-c3ccccc3)c2C)ccc(N=C=O)c1-c1ccccc1. The van der Waals surface area contributed by atoms with Crippen LogP contribution in [0.1, 0.15) is 11.1 Å². The summed E-state index contributed by atoms with van der Waals surface area (Å²) < 4.78 is 6.35. The van der Waals surface area contributed by atoms with Crippen molar-refractivity contribution in [1.29, 1.82) is 0 Å². The molecule has 160 valence electrons. The molecule has 4 rings (SSSR count). The van der Waals surface area contributed by atoms with E-state index in [-0.39, 0.29) is 0 Å². The van der Waals surface area contributed by atoms with E-state index in [4.69, 9.17) is 4.74 Å². The number of rotatable bonds is 6. The molecule has 0 fully saturated rings. The van der Waals surface area contributed by atoms with Crippen LogP contribution in [0, 0.1) is 13.8 Å². The molecule has 0 aliphatic heterocycles. The molecule has 0 aromatic heterocycles. The summed E-state index contributed by atoms with van der Waals surface area (Å²) in [5.41, 5.74) is 6.19. The number of carbonyl (C=O) groups excluding carboxylic acids is 2. The highest BCUT2D eigenvalue weighted by molar-refractivity contribution is 5.84. The summed E-state index contributed by atoms with van der Waals surface area (Å²) >= 11 is 0. The van der Waals surface area contributed by atoms with Gasteiger partial charge in [0.25, 0.3) is 0 Å². The van der Waals surface area contributed by atoms with E-state index in [1.807, 2.05) is 74.5 Å². The standard InChI is InChI=1S/C28H20N2O3/c1-19-25(15-13-23(29-17-31)27(19)21-9-5-3-6-10-21)33-26-16-14-24(30-18-32)28(20(26)2)22-11-7-4-8-12-22/h3-16H,1-2H3. The van der Waals surface area contributed by atoms with Crippen LogP contribution in [0.5, 0.6) is 11.5 Å². The van der Waals surface area contributed by atoms with Crippen LogP contribution in [0.4, 0.5) is 11.4 Å². The third-order valence-corrected chi connectivity index (χ3v) is 5.46.